The Morgan fingerprint density at radius 1 is 0.951 bits per heavy atom. The minimum Gasteiger partial charge on any atom is -0.365 e. The van der Waals surface area contributed by atoms with E-state index in [0.717, 1.165) is 24.8 Å². The highest BCUT2D eigenvalue weighted by atomic mass is 16.6. The van der Waals surface area contributed by atoms with Gasteiger partial charge in [0.15, 0.2) is 5.78 Å². The van der Waals surface area contributed by atoms with Crippen molar-refractivity contribution in [1.29, 1.82) is 0 Å². The van der Waals surface area contributed by atoms with Crippen LogP contribution in [-0.2, 0) is 35.1 Å². The van der Waals surface area contributed by atoms with Crippen molar-refractivity contribution < 1.29 is 28.7 Å². The Labute approximate surface area is 242 Å². The minimum atomic E-state index is -0.920. The van der Waals surface area contributed by atoms with E-state index in [1.165, 1.54) is 0 Å². The lowest BCUT2D eigenvalue weighted by molar-refractivity contribution is -0.147. The fraction of sp³-hybridized carbons (Fsp3) is 0.645. The van der Waals surface area contributed by atoms with Gasteiger partial charge in [0.05, 0.1) is 6.61 Å². The van der Waals surface area contributed by atoms with Crippen LogP contribution in [0.5, 0.6) is 0 Å². The van der Waals surface area contributed by atoms with E-state index in [0.29, 0.717) is 51.7 Å². The number of hydrogen-bond acceptors (Lipinski definition) is 6. The summed E-state index contributed by atoms with van der Waals surface area (Å²) < 4.78 is 5.04. The van der Waals surface area contributed by atoms with Crippen LogP contribution in [-0.4, -0.2) is 77.7 Å². The van der Waals surface area contributed by atoms with E-state index in [4.69, 9.17) is 4.74 Å². The molecule has 10 nitrogen and oxygen atoms in total. The van der Waals surface area contributed by atoms with Crippen molar-refractivity contribution in [2.75, 3.05) is 13.2 Å². The highest BCUT2D eigenvalue weighted by molar-refractivity contribution is 5.97. The standard InChI is InChI=1S/C31H44N4O6/c1-3-20(2)27-31(40)35-17-11-10-15-24(35)30(39)32-22(14-8-5-9-16-25(36)26-19-41-26)28(37)33-23(29(38)34-27)18-21-12-6-4-7-13-21/h4,6-7,12-13,20,22-24,26-27H,3,5,8-11,14-19H2,1-2H3,(H,32,39)(H,33,37)(H,34,38)/t20-,22-,23+,24-,26-,27-/m0/s1. The third-order valence-corrected chi connectivity index (χ3v) is 8.52. The number of hydrogen-bond donors (Lipinski definition) is 3. The molecule has 3 heterocycles. The Bertz CT molecular complexity index is 1090. The van der Waals surface area contributed by atoms with Gasteiger partial charge in [-0.15, -0.1) is 0 Å². The molecule has 41 heavy (non-hydrogen) atoms. The van der Waals surface area contributed by atoms with E-state index in [2.05, 4.69) is 16.0 Å². The first kappa shape index (κ1) is 30.7. The van der Waals surface area contributed by atoms with Gasteiger partial charge in [-0.3, -0.25) is 24.0 Å². The van der Waals surface area contributed by atoms with Gasteiger partial charge in [-0.25, -0.2) is 0 Å². The predicted octanol–water partition coefficient (Wildman–Crippen LogP) is 2.04. The summed E-state index contributed by atoms with van der Waals surface area (Å²) in [7, 11) is 0. The van der Waals surface area contributed by atoms with Crippen molar-refractivity contribution in [3.63, 3.8) is 0 Å². The van der Waals surface area contributed by atoms with Crippen LogP contribution in [0.2, 0.25) is 0 Å². The van der Waals surface area contributed by atoms with Gasteiger partial charge in [-0.05, 0) is 43.6 Å². The molecular weight excluding hydrogens is 524 g/mol. The average Bonchev–Trinajstić information content (AvgIpc) is 3.83. The molecule has 3 N–H and O–H groups in total. The van der Waals surface area contributed by atoms with Gasteiger partial charge >= 0.3 is 0 Å². The molecule has 10 heteroatoms. The highest BCUT2D eigenvalue weighted by Crippen LogP contribution is 2.22. The van der Waals surface area contributed by atoms with E-state index < -0.39 is 36.0 Å². The Morgan fingerprint density at radius 3 is 2.37 bits per heavy atom. The van der Waals surface area contributed by atoms with E-state index in [1.54, 1.807) is 4.90 Å². The fourth-order valence-electron chi connectivity index (χ4n) is 5.67. The summed E-state index contributed by atoms with van der Waals surface area (Å²) in [6, 6.07) is 6.13. The first-order chi connectivity index (χ1) is 19.8. The maximum absolute atomic E-state index is 13.9. The van der Waals surface area contributed by atoms with Crippen LogP contribution in [0.1, 0.15) is 77.2 Å². The second-order valence-electron chi connectivity index (χ2n) is 11.6. The second kappa shape index (κ2) is 14.6. The third-order valence-electron chi connectivity index (χ3n) is 8.52. The van der Waals surface area contributed by atoms with Gasteiger partial charge in [0.2, 0.25) is 23.6 Å². The van der Waals surface area contributed by atoms with Gasteiger partial charge < -0.3 is 25.6 Å². The number of benzene rings is 1. The number of amides is 4. The Morgan fingerprint density at radius 2 is 1.66 bits per heavy atom. The minimum absolute atomic E-state index is 0.106. The number of nitrogens with one attached hydrogen (secondary N) is 3. The zero-order valence-corrected chi connectivity index (χ0v) is 24.2. The Balaban J connectivity index is 1.55. The second-order valence-corrected chi connectivity index (χ2v) is 11.6. The molecule has 0 unspecified atom stereocenters. The molecule has 3 aliphatic rings. The van der Waals surface area contributed by atoms with E-state index in [-0.39, 0.29) is 36.0 Å². The van der Waals surface area contributed by atoms with E-state index in [1.807, 2.05) is 44.2 Å². The van der Waals surface area contributed by atoms with E-state index in [9.17, 15) is 24.0 Å². The molecule has 3 fully saturated rings. The quantitative estimate of drug-likeness (QED) is 0.276. The van der Waals surface area contributed by atoms with Crippen molar-refractivity contribution in [2.24, 2.45) is 5.92 Å². The van der Waals surface area contributed by atoms with Crippen LogP contribution in [0.25, 0.3) is 0 Å². The summed E-state index contributed by atoms with van der Waals surface area (Å²) in [5, 5.41) is 8.77. The van der Waals surface area contributed by atoms with Crippen LogP contribution < -0.4 is 16.0 Å². The number of carbonyl (C=O) groups is 5. The van der Waals surface area contributed by atoms with Crippen molar-refractivity contribution in [1.82, 2.24) is 20.9 Å². The maximum atomic E-state index is 13.9. The highest BCUT2D eigenvalue weighted by Gasteiger charge is 2.40. The Hall–Kier alpha value is -3.27. The van der Waals surface area contributed by atoms with Gasteiger partial charge in [0.1, 0.15) is 30.3 Å². The van der Waals surface area contributed by atoms with Crippen molar-refractivity contribution in [3.05, 3.63) is 35.9 Å². The lowest BCUT2D eigenvalue weighted by atomic mass is 9.93. The number of rotatable bonds is 11. The lowest BCUT2D eigenvalue weighted by Crippen LogP contribution is -2.64. The molecule has 0 aliphatic carbocycles. The number of Topliss-reactive ketones (excluding diaryl/α,β-unsaturated/α-hetero) is 1. The molecular formula is C31H44N4O6. The molecule has 3 aliphatic heterocycles. The number of fused-ring (bicyclic) bond motifs is 1. The number of carbonyl (C=O) groups excluding carboxylic acids is 5. The number of epoxide rings is 1. The molecule has 1 aromatic rings. The van der Waals surface area contributed by atoms with E-state index >= 15 is 0 Å². The van der Waals surface area contributed by atoms with Crippen LogP contribution >= 0.6 is 0 Å². The first-order valence-corrected chi connectivity index (χ1v) is 15.2. The molecule has 0 radical (unpaired) electrons. The van der Waals surface area contributed by atoms with Gasteiger partial charge in [0.25, 0.3) is 0 Å². The maximum Gasteiger partial charge on any atom is 0.246 e. The molecule has 3 saturated heterocycles. The molecule has 0 saturated carbocycles. The van der Waals surface area contributed by atoms with Gasteiger partial charge in [0, 0.05) is 19.4 Å². The topological polar surface area (TPSA) is 137 Å². The monoisotopic (exact) mass is 568 g/mol. The first-order valence-electron chi connectivity index (χ1n) is 15.2. The third kappa shape index (κ3) is 8.38. The van der Waals surface area contributed by atoms with Crippen LogP contribution in [0.15, 0.2) is 30.3 Å². The SMILES string of the molecule is CC[C@H](C)[C@@H]1NC(=O)[C@@H](Cc2ccccc2)NC(=O)[C@H](CCCCCC(=O)[C@@H]2CO2)NC(=O)[C@@H]2CCCCN2C1=O. The average molecular weight is 569 g/mol. The summed E-state index contributed by atoms with van der Waals surface area (Å²) in [5.41, 5.74) is 0.868. The van der Waals surface area contributed by atoms with Crippen LogP contribution in [0, 0.1) is 5.92 Å². The number of ether oxygens (including phenoxy) is 1. The van der Waals surface area contributed by atoms with Crippen LogP contribution in [0.3, 0.4) is 0 Å². The molecule has 224 valence electrons. The summed E-state index contributed by atoms with van der Waals surface area (Å²) in [6.07, 6.45) is 5.57. The largest absolute Gasteiger partial charge is 0.365 e. The van der Waals surface area contributed by atoms with Crippen molar-refractivity contribution in [2.45, 2.75) is 108 Å². The van der Waals surface area contributed by atoms with Crippen LogP contribution in [0.4, 0.5) is 0 Å². The molecule has 0 spiro atoms. The number of ketones is 1. The molecule has 6 atom stereocenters. The lowest BCUT2D eigenvalue weighted by Gasteiger charge is -2.39. The number of nitrogens with zero attached hydrogens (tertiary/aromatic N) is 1. The number of piperidine rings is 1. The molecule has 0 bridgehead atoms. The zero-order chi connectivity index (χ0) is 29.4. The molecule has 0 aromatic heterocycles. The van der Waals surface area contributed by atoms with Crippen molar-refractivity contribution in [3.8, 4) is 0 Å². The summed E-state index contributed by atoms with van der Waals surface area (Å²) in [6.45, 7) is 4.82. The summed E-state index contributed by atoms with van der Waals surface area (Å²) in [5.74, 6) is -1.48. The normalized spacial score (nSPS) is 27.9. The smallest absolute Gasteiger partial charge is 0.246 e. The Kier molecular flexibility index (Phi) is 10.9. The predicted molar refractivity (Wildman–Crippen MR) is 153 cm³/mol. The molecule has 4 amide bonds. The summed E-state index contributed by atoms with van der Waals surface area (Å²) in [4.78, 5) is 68.3. The summed E-state index contributed by atoms with van der Waals surface area (Å²) >= 11 is 0. The molecule has 4 rings (SSSR count). The van der Waals surface area contributed by atoms with Crippen molar-refractivity contribution >= 4 is 29.4 Å². The molecule has 1 aromatic carbocycles. The number of unbranched alkanes of at least 4 members (excludes halogenated alkanes) is 2. The zero-order valence-electron chi connectivity index (χ0n) is 24.2. The fourth-order valence-corrected chi connectivity index (χ4v) is 5.67. The van der Waals surface area contributed by atoms with Gasteiger partial charge in [-0.2, -0.15) is 0 Å². The van der Waals surface area contributed by atoms with Gasteiger partial charge in [-0.1, -0.05) is 63.4 Å².